The minimum atomic E-state index is -1.05. The van der Waals surface area contributed by atoms with E-state index in [9.17, 15) is 9.59 Å². The molecule has 1 fully saturated rings. The Morgan fingerprint density at radius 3 is 2.75 bits per heavy atom. The van der Waals surface area contributed by atoms with Crippen LogP contribution in [0.4, 0.5) is 0 Å². The van der Waals surface area contributed by atoms with E-state index in [0.29, 0.717) is 6.04 Å². The molecule has 108 valence electrons. The molecule has 0 bridgehead atoms. The van der Waals surface area contributed by atoms with E-state index in [-0.39, 0.29) is 23.2 Å². The fourth-order valence-corrected chi connectivity index (χ4v) is 2.33. The van der Waals surface area contributed by atoms with Gasteiger partial charge in [0.1, 0.15) is 5.69 Å². The van der Waals surface area contributed by atoms with Crippen LogP contribution in [0.5, 0.6) is 0 Å². The highest BCUT2D eigenvalue weighted by atomic mass is 16.4. The quantitative estimate of drug-likeness (QED) is 0.861. The Hall–Kier alpha value is -1.95. The van der Waals surface area contributed by atoms with Crippen LogP contribution in [-0.4, -0.2) is 52.5 Å². The van der Waals surface area contributed by atoms with Gasteiger partial charge in [0.25, 0.3) is 5.91 Å². The number of nitrogens with one attached hydrogen (secondary N) is 1. The van der Waals surface area contributed by atoms with Gasteiger partial charge in [-0.1, -0.05) is 0 Å². The standard InChI is InChI=1S/C14H19N3O3/c1-9-7-11(5-6-17(9)2)16-13(18)12-4-3-10(8-15-12)14(19)20/h3-4,8-9,11H,5-7H2,1-2H3,(H,16,18)(H,19,20). The van der Waals surface area contributed by atoms with Gasteiger partial charge < -0.3 is 15.3 Å². The Labute approximate surface area is 117 Å². The number of amides is 1. The third kappa shape index (κ3) is 3.33. The van der Waals surface area contributed by atoms with Gasteiger partial charge in [0.15, 0.2) is 0 Å². The molecule has 0 saturated carbocycles. The number of aromatic nitrogens is 1. The maximum Gasteiger partial charge on any atom is 0.337 e. The lowest BCUT2D eigenvalue weighted by molar-refractivity contribution is 0.0695. The van der Waals surface area contributed by atoms with Gasteiger partial charge in [-0.15, -0.1) is 0 Å². The minimum absolute atomic E-state index is 0.0782. The van der Waals surface area contributed by atoms with Gasteiger partial charge in [0, 0.05) is 24.8 Å². The second kappa shape index (κ2) is 6.00. The summed E-state index contributed by atoms with van der Waals surface area (Å²) in [6.07, 6.45) is 3.03. The molecule has 0 aliphatic carbocycles. The van der Waals surface area contributed by atoms with Crippen molar-refractivity contribution in [2.45, 2.75) is 31.8 Å². The van der Waals surface area contributed by atoms with E-state index in [1.165, 1.54) is 18.3 Å². The van der Waals surface area contributed by atoms with Crippen molar-refractivity contribution in [3.8, 4) is 0 Å². The van der Waals surface area contributed by atoms with Crippen molar-refractivity contribution >= 4 is 11.9 Å². The number of carbonyl (C=O) groups is 2. The molecular weight excluding hydrogens is 258 g/mol. The zero-order valence-corrected chi connectivity index (χ0v) is 11.7. The van der Waals surface area contributed by atoms with Crippen LogP contribution in [-0.2, 0) is 0 Å². The van der Waals surface area contributed by atoms with Crippen LogP contribution in [0.3, 0.4) is 0 Å². The highest BCUT2D eigenvalue weighted by Crippen LogP contribution is 2.15. The molecule has 2 heterocycles. The van der Waals surface area contributed by atoms with Crippen molar-refractivity contribution in [1.82, 2.24) is 15.2 Å². The maximum absolute atomic E-state index is 12.0. The summed E-state index contributed by atoms with van der Waals surface area (Å²) in [6.45, 7) is 3.09. The predicted molar refractivity (Wildman–Crippen MR) is 73.8 cm³/mol. The highest BCUT2D eigenvalue weighted by Gasteiger charge is 2.24. The topological polar surface area (TPSA) is 82.5 Å². The normalized spacial score (nSPS) is 23.3. The Bertz CT molecular complexity index is 501. The van der Waals surface area contributed by atoms with Crippen LogP contribution in [0, 0.1) is 0 Å². The number of rotatable bonds is 3. The fraction of sp³-hybridized carbons (Fsp3) is 0.500. The lowest BCUT2D eigenvalue weighted by Gasteiger charge is -2.35. The van der Waals surface area contributed by atoms with Crippen LogP contribution in [0.15, 0.2) is 18.3 Å². The summed E-state index contributed by atoms with van der Waals surface area (Å²) < 4.78 is 0. The summed E-state index contributed by atoms with van der Waals surface area (Å²) in [4.78, 5) is 28.9. The lowest BCUT2D eigenvalue weighted by Crippen LogP contribution is -2.47. The summed E-state index contributed by atoms with van der Waals surface area (Å²) in [5, 5.41) is 11.7. The number of carbonyl (C=O) groups excluding carboxylic acids is 1. The lowest BCUT2D eigenvalue weighted by atomic mass is 9.99. The van der Waals surface area contributed by atoms with Gasteiger partial charge >= 0.3 is 5.97 Å². The number of pyridine rings is 1. The molecule has 0 aromatic carbocycles. The Morgan fingerprint density at radius 1 is 1.45 bits per heavy atom. The van der Waals surface area contributed by atoms with Gasteiger partial charge in [-0.2, -0.15) is 0 Å². The van der Waals surface area contributed by atoms with E-state index < -0.39 is 5.97 Å². The Balaban J connectivity index is 1.96. The van der Waals surface area contributed by atoms with Gasteiger partial charge in [-0.05, 0) is 38.9 Å². The highest BCUT2D eigenvalue weighted by molar-refractivity contribution is 5.93. The average Bonchev–Trinajstić information content (AvgIpc) is 2.43. The first-order chi connectivity index (χ1) is 9.47. The first kappa shape index (κ1) is 14.5. The van der Waals surface area contributed by atoms with Crippen molar-refractivity contribution in [2.24, 2.45) is 0 Å². The molecule has 2 unspecified atom stereocenters. The Morgan fingerprint density at radius 2 is 2.20 bits per heavy atom. The molecule has 0 radical (unpaired) electrons. The van der Waals surface area contributed by atoms with Gasteiger partial charge in [-0.3, -0.25) is 9.78 Å². The number of likely N-dealkylation sites (tertiary alicyclic amines) is 1. The van der Waals surface area contributed by atoms with Crippen LogP contribution >= 0.6 is 0 Å². The number of hydrogen-bond donors (Lipinski definition) is 2. The zero-order valence-electron chi connectivity index (χ0n) is 11.7. The van der Waals surface area contributed by atoms with Crippen LogP contribution in [0.1, 0.15) is 40.6 Å². The number of hydrogen-bond acceptors (Lipinski definition) is 4. The summed E-state index contributed by atoms with van der Waals surface area (Å²) in [5.41, 5.74) is 0.330. The molecule has 2 N–H and O–H groups in total. The van der Waals surface area contributed by atoms with Gasteiger partial charge in [-0.25, -0.2) is 4.79 Å². The number of piperidine rings is 1. The SMILES string of the molecule is CC1CC(NC(=O)c2ccc(C(=O)O)cn2)CCN1C. The number of carboxylic acid groups (broad SMARTS) is 1. The molecular formula is C14H19N3O3. The Kier molecular flexibility index (Phi) is 4.34. The van der Waals surface area contributed by atoms with Crippen molar-refractivity contribution in [3.05, 3.63) is 29.6 Å². The molecule has 6 nitrogen and oxygen atoms in total. The molecule has 1 saturated heterocycles. The molecule has 0 spiro atoms. The molecule has 1 aromatic heterocycles. The smallest absolute Gasteiger partial charge is 0.337 e. The van der Waals surface area contributed by atoms with E-state index >= 15 is 0 Å². The van der Waals surface area contributed by atoms with E-state index in [1.54, 1.807) is 0 Å². The monoisotopic (exact) mass is 277 g/mol. The largest absolute Gasteiger partial charge is 0.478 e. The van der Waals surface area contributed by atoms with E-state index in [1.807, 2.05) is 0 Å². The summed E-state index contributed by atoms with van der Waals surface area (Å²) >= 11 is 0. The van der Waals surface area contributed by atoms with Crippen LogP contribution in [0.25, 0.3) is 0 Å². The average molecular weight is 277 g/mol. The van der Waals surface area contributed by atoms with Gasteiger partial charge in [0.05, 0.1) is 5.56 Å². The first-order valence-corrected chi connectivity index (χ1v) is 6.68. The molecule has 2 rings (SSSR count). The summed E-state index contributed by atoms with van der Waals surface area (Å²) in [7, 11) is 2.08. The van der Waals surface area contributed by atoms with E-state index in [0.717, 1.165) is 19.4 Å². The first-order valence-electron chi connectivity index (χ1n) is 6.68. The molecule has 20 heavy (non-hydrogen) atoms. The maximum atomic E-state index is 12.0. The molecule has 1 aromatic rings. The molecule has 1 amide bonds. The third-order valence-electron chi connectivity index (χ3n) is 3.79. The zero-order chi connectivity index (χ0) is 14.7. The van der Waals surface area contributed by atoms with Crippen molar-refractivity contribution in [3.63, 3.8) is 0 Å². The van der Waals surface area contributed by atoms with Crippen LogP contribution < -0.4 is 5.32 Å². The predicted octanol–water partition coefficient (Wildman–Crippen LogP) is 0.992. The molecule has 6 heteroatoms. The second-order valence-corrected chi connectivity index (χ2v) is 5.26. The van der Waals surface area contributed by atoms with Crippen molar-refractivity contribution in [1.29, 1.82) is 0 Å². The summed E-state index contributed by atoms with van der Waals surface area (Å²) in [5.74, 6) is -1.29. The minimum Gasteiger partial charge on any atom is -0.478 e. The second-order valence-electron chi connectivity index (χ2n) is 5.26. The van der Waals surface area contributed by atoms with Crippen LogP contribution in [0.2, 0.25) is 0 Å². The van der Waals surface area contributed by atoms with Crippen molar-refractivity contribution in [2.75, 3.05) is 13.6 Å². The van der Waals surface area contributed by atoms with E-state index in [2.05, 4.69) is 29.2 Å². The molecule has 1 aliphatic heterocycles. The third-order valence-corrected chi connectivity index (χ3v) is 3.79. The number of nitrogens with zero attached hydrogens (tertiary/aromatic N) is 2. The summed E-state index contributed by atoms with van der Waals surface area (Å²) in [6, 6.07) is 3.42. The van der Waals surface area contributed by atoms with E-state index in [4.69, 9.17) is 5.11 Å². The van der Waals surface area contributed by atoms with Gasteiger partial charge in [0.2, 0.25) is 0 Å². The number of carboxylic acids is 1. The van der Waals surface area contributed by atoms with Crippen molar-refractivity contribution < 1.29 is 14.7 Å². The molecule has 2 atom stereocenters. The molecule has 1 aliphatic rings. The fourth-order valence-electron chi connectivity index (χ4n) is 2.33. The number of aromatic carboxylic acids is 1.